The molecule has 4 heteroatoms. The van der Waals surface area contributed by atoms with Crippen molar-refractivity contribution >= 4 is 5.91 Å². The summed E-state index contributed by atoms with van der Waals surface area (Å²) in [6.07, 6.45) is 1.30. The van der Waals surface area contributed by atoms with E-state index < -0.39 is 0 Å². The molecule has 1 heterocycles. The first kappa shape index (κ1) is 14.9. The lowest BCUT2D eigenvalue weighted by molar-refractivity contribution is -0.130. The Balaban J connectivity index is 1.77. The molecule has 4 nitrogen and oxygen atoms in total. The summed E-state index contributed by atoms with van der Waals surface area (Å²) >= 11 is 0. The fourth-order valence-electron chi connectivity index (χ4n) is 2.64. The number of likely N-dealkylation sites (tertiary alicyclic amines) is 1. The van der Waals surface area contributed by atoms with Crippen LogP contribution in [-0.2, 0) is 4.79 Å². The number of rotatable bonds is 5. The Hall–Kier alpha value is -1.55. The maximum atomic E-state index is 12.0. The molecule has 1 fully saturated rings. The van der Waals surface area contributed by atoms with Gasteiger partial charge >= 0.3 is 0 Å². The molecule has 0 radical (unpaired) electrons. The highest BCUT2D eigenvalue weighted by Gasteiger charge is 2.25. The van der Waals surface area contributed by atoms with E-state index >= 15 is 0 Å². The third-order valence-corrected chi connectivity index (χ3v) is 3.68. The molecule has 1 amide bonds. The normalized spacial score (nSPS) is 18.4. The van der Waals surface area contributed by atoms with E-state index in [0.717, 1.165) is 29.8 Å². The number of aliphatic hydroxyl groups is 1. The summed E-state index contributed by atoms with van der Waals surface area (Å²) in [5.74, 6) is 1.19. The Kier molecular flexibility index (Phi) is 5.01. The average molecular weight is 277 g/mol. The first-order chi connectivity index (χ1) is 9.58. The van der Waals surface area contributed by atoms with Gasteiger partial charge in [0, 0.05) is 25.6 Å². The number of amides is 1. The molecule has 1 aromatic carbocycles. The number of aliphatic hydroxyl groups excluding tert-OH is 1. The molecular weight excluding hydrogens is 254 g/mol. The second-order valence-corrected chi connectivity index (χ2v) is 5.60. The lowest BCUT2D eigenvalue weighted by Gasteiger charge is -2.16. The summed E-state index contributed by atoms with van der Waals surface area (Å²) in [7, 11) is 0. The second kappa shape index (κ2) is 6.75. The quantitative estimate of drug-likeness (QED) is 0.894. The fraction of sp³-hybridized carbons (Fsp3) is 0.562. The van der Waals surface area contributed by atoms with Gasteiger partial charge in [-0.15, -0.1) is 0 Å². The van der Waals surface area contributed by atoms with E-state index in [0.29, 0.717) is 19.6 Å². The van der Waals surface area contributed by atoms with Gasteiger partial charge in [0.05, 0.1) is 13.0 Å². The number of hydrogen-bond acceptors (Lipinski definition) is 3. The minimum absolute atomic E-state index is 0.116. The van der Waals surface area contributed by atoms with Gasteiger partial charge in [-0.05, 0) is 43.5 Å². The average Bonchev–Trinajstić information content (AvgIpc) is 2.86. The van der Waals surface area contributed by atoms with Crippen molar-refractivity contribution < 1.29 is 14.6 Å². The van der Waals surface area contributed by atoms with Crippen LogP contribution in [0.5, 0.6) is 5.75 Å². The van der Waals surface area contributed by atoms with Crippen molar-refractivity contribution in [1.29, 1.82) is 0 Å². The smallest absolute Gasteiger partial charge is 0.226 e. The molecule has 0 aliphatic carbocycles. The number of carbonyl (C=O) groups excluding carboxylic acids is 1. The molecule has 1 atom stereocenters. The van der Waals surface area contributed by atoms with Crippen LogP contribution in [0.4, 0.5) is 0 Å². The van der Waals surface area contributed by atoms with Crippen molar-refractivity contribution in [3.63, 3.8) is 0 Å². The fourth-order valence-corrected chi connectivity index (χ4v) is 2.64. The third-order valence-electron chi connectivity index (χ3n) is 3.68. The molecule has 1 saturated heterocycles. The zero-order valence-corrected chi connectivity index (χ0v) is 12.3. The maximum absolute atomic E-state index is 12.0. The van der Waals surface area contributed by atoms with Crippen LogP contribution in [0, 0.1) is 19.8 Å². The minimum atomic E-state index is 0.116. The lowest BCUT2D eigenvalue weighted by atomic mass is 10.1. The van der Waals surface area contributed by atoms with Crippen LogP contribution in [-0.4, -0.2) is 42.2 Å². The molecule has 1 unspecified atom stereocenters. The highest BCUT2D eigenvalue weighted by Crippen LogP contribution is 2.18. The van der Waals surface area contributed by atoms with Gasteiger partial charge in [-0.1, -0.05) is 6.07 Å². The SMILES string of the molecule is Cc1cc(C)cc(OCCC(=O)N2CCC(CO)C2)c1. The van der Waals surface area contributed by atoms with E-state index in [2.05, 4.69) is 6.07 Å². The van der Waals surface area contributed by atoms with Crippen LogP contribution in [0.2, 0.25) is 0 Å². The molecular formula is C16H23NO3. The van der Waals surface area contributed by atoms with Crippen molar-refractivity contribution in [2.75, 3.05) is 26.3 Å². The van der Waals surface area contributed by atoms with Crippen molar-refractivity contribution in [2.24, 2.45) is 5.92 Å². The molecule has 0 bridgehead atoms. The van der Waals surface area contributed by atoms with Gasteiger partial charge in [0.25, 0.3) is 0 Å². The van der Waals surface area contributed by atoms with Crippen LogP contribution in [0.3, 0.4) is 0 Å². The zero-order chi connectivity index (χ0) is 14.5. The predicted octanol–water partition coefficient (Wildman–Crippen LogP) is 1.91. The summed E-state index contributed by atoms with van der Waals surface area (Å²) in [4.78, 5) is 13.8. The van der Waals surface area contributed by atoms with Crippen LogP contribution in [0.1, 0.15) is 24.0 Å². The zero-order valence-electron chi connectivity index (χ0n) is 12.3. The Labute approximate surface area is 120 Å². The first-order valence-corrected chi connectivity index (χ1v) is 7.18. The van der Waals surface area contributed by atoms with Crippen molar-refractivity contribution in [3.8, 4) is 5.75 Å². The largest absolute Gasteiger partial charge is 0.493 e. The molecule has 20 heavy (non-hydrogen) atoms. The third kappa shape index (κ3) is 3.97. The standard InChI is InChI=1S/C16H23NO3/c1-12-7-13(2)9-15(8-12)20-6-4-16(19)17-5-3-14(10-17)11-18/h7-9,14,18H,3-6,10-11H2,1-2H3. The van der Waals surface area contributed by atoms with Gasteiger partial charge in [-0.25, -0.2) is 0 Å². The van der Waals surface area contributed by atoms with Gasteiger partial charge in [-0.2, -0.15) is 0 Å². The Morgan fingerprint density at radius 1 is 1.35 bits per heavy atom. The molecule has 110 valence electrons. The van der Waals surface area contributed by atoms with E-state index in [1.165, 1.54) is 0 Å². The lowest BCUT2D eigenvalue weighted by Crippen LogP contribution is -2.30. The minimum Gasteiger partial charge on any atom is -0.493 e. The molecule has 1 N–H and O–H groups in total. The molecule has 0 saturated carbocycles. The predicted molar refractivity (Wildman–Crippen MR) is 77.8 cm³/mol. The molecule has 1 aliphatic heterocycles. The van der Waals surface area contributed by atoms with E-state index in [9.17, 15) is 4.79 Å². The number of carbonyl (C=O) groups is 1. The first-order valence-electron chi connectivity index (χ1n) is 7.18. The van der Waals surface area contributed by atoms with Crippen LogP contribution < -0.4 is 4.74 Å². The van der Waals surface area contributed by atoms with Gasteiger partial charge in [0.15, 0.2) is 0 Å². The van der Waals surface area contributed by atoms with Gasteiger partial charge in [0.1, 0.15) is 5.75 Å². The summed E-state index contributed by atoms with van der Waals surface area (Å²) in [6, 6.07) is 6.06. The van der Waals surface area contributed by atoms with Crippen molar-refractivity contribution in [2.45, 2.75) is 26.7 Å². The second-order valence-electron chi connectivity index (χ2n) is 5.60. The number of aryl methyl sites for hydroxylation is 2. The Bertz CT molecular complexity index is 453. The van der Waals surface area contributed by atoms with Gasteiger partial charge < -0.3 is 14.7 Å². The monoisotopic (exact) mass is 277 g/mol. The summed E-state index contributed by atoms with van der Waals surface area (Å²) in [5, 5.41) is 9.08. The molecule has 1 aliphatic rings. The van der Waals surface area contributed by atoms with Crippen LogP contribution in [0.15, 0.2) is 18.2 Å². The highest BCUT2D eigenvalue weighted by molar-refractivity contribution is 5.76. The number of ether oxygens (including phenoxy) is 1. The van der Waals surface area contributed by atoms with E-state index in [1.54, 1.807) is 0 Å². The van der Waals surface area contributed by atoms with Crippen molar-refractivity contribution in [1.82, 2.24) is 4.90 Å². The van der Waals surface area contributed by atoms with E-state index in [-0.39, 0.29) is 18.4 Å². The molecule has 2 rings (SSSR count). The summed E-state index contributed by atoms with van der Waals surface area (Å²) in [5.41, 5.74) is 2.33. The van der Waals surface area contributed by atoms with Gasteiger partial charge in [0.2, 0.25) is 5.91 Å². The van der Waals surface area contributed by atoms with Crippen LogP contribution in [0.25, 0.3) is 0 Å². The topological polar surface area (TPSA) is 49.8 Å². The van der Waals surface area contributed by atoms with Gasteiger partial charge in [-0.3, -0.25) is 4.79 Å². The Morgan fingerprint density at radius 3 is 2.65 bits per heavy atom. The molecule has 0 aromatic heterocycles. The molecule has 1 aromatic rings. The number of benzene rings is 1. The summed E-state index contributed by atoms with van der Waals surface area (Å²) in [6.45, 7) is 6.08. The van der Waals surface area contributed by atoms with E-state index in [1.807, 2.05) is 30.9 Å². The number of hydrogen-bond donors (Lipinski definition) is 1. The van der Waals surface area contributed by atoms with Crippen LogP contribution >= 0.6 is 0 Å². The number of nitrogens with zero attached hydrogens (tertiary/aromatic N) is 1. The van der Waals surface area contributed by atoms with Crippen molar-refractivity contribution in [3.05, 3.63) is 29.3 Å². The Morgan fingerprint density at radius 2 is 2.05 bits per heavy atom. The maximum Gasteiger partial charge on any atom is 0.226 e. The highest BCUT2D eigenvalue weighted by atomic mass is 16.5. The van der Waals surface area contributed by atoms with E-state index in [4.69, 9.17) is 9.84 Å². The summed E-state index contributed by atoms with van der Waals surface area (Å²) < 4.78 is 5.65. The molecule has 0 spiro atoms.